The van der Waals surface area contributed by atoms with Gasteiger partial charge in [0.1, 0.15) is 5.57 Å². The predicted molar refractivity (Wildman–Crippen MR) is 96.9 cm³/mol. The first-order valence-corrected chi connectivity index (χ1v) is 8.38. The number of carbonyl (C=O) groups excluding carboxylic acids is 3. The van der Waals surface area contributed by atoms with Gasteiger partial charge in [0.05, 0.1) is 13.7 Å². The maximum atomic E-state index is 12.3. The lowest BCUT2D eigenvalue weighted by Gasteiger charge is -2.28. The number of amides is 4. The zero-order valence-corrected chi connectivity index (χ0v) is 15.7. The molecule has 0 atom stereocenters. The Morgan fingerprint density at radius 3 is 2.19 bits per heavy atom. The van der Waals surface area contributed by atoms with Crippen LogP contribution in [-0.2, 0) is 9.59 Å². The summed E-state index contributed by atoms with van der Waals surface area (Å²) in [4.78, 5) is 38.1. The van der Waals surface area contributed by atoms with Gasteiger partial charge in [-0.15, -0.1) is 0 Å². The molecule has 1 aromatic rings. The van der Waals surface area contributed by atoms with Gasteiger partial charge in [0.15, 0.2) is 11.5 Å². The van der Waals surface area contributed by atoms with Gasteiger partial charge in [0.25, 0.3) is 11.8 Å². The third-order valence-electron chi connectivity index (χ3n) is 4.10. The molecule has 7 nitrogen and oxygen atoms in total. The van der Waals surface area contributed by atoms with Gasteiger partial charge in [-0.05, 0) is 36.1 Å². The molecule has 0 radical (unpaired) electrons. The van der Waals surface area contributed by atoms with E-state index in [9.17, 15) is 14.4 Å². The number of hydrogen-bond acceptors (Lipinski definition) is 5. The Balaban J connectivity index is 2.28. The lowest BCUT2D eigenvalue weighted by atomic mass is 10.1. The van der Waals surface area contributed by atoms with Crippen molar-refractivity contribution in [2.24, 2.45) is 5.92 Å². The molecule has 0 saturated carbocycles. The first-order valence-electron chi connectivity index (χ1n) is 8.38. The summed E-state index contributed by atoms with van der Waals surface area (Å²) >= 11 is 0. The number of urea groups is 1. The SMILES string of the molecule is COc1cc(C=C2C(=O)N(C)C(=O)N(C)C2=O)ccc1OCCC(C)C. The molecule has 7 heteroatoms. The molecule has 4 amide bonds. The Kier molecular flexibility index (Phi) is 6.02. The van der Waals surface area contributed by atoms with Gasteiger partial charge >= 0.3 is 6.03 Å². The van der Waals surface area contributed by atoms with Gasteiger partial charge in [-0.2, -0.15) is 0 Å². The van der Waals surface area contributed by atoms with Crippen LogP contribution in [-0.4, -0.2) is 55.5 Å². The Hall–Kier alpha value is -2.83. The summed E-state index contributed by atoms with van der Waals surface area (Å²) in [5.74, 6) is 0.381. The van der Waals surface area contributed by atoms with Gasteiger partial charge in [0, 0.05) is 14.1 Å². The summed E-state index contributed by atoms with van der Waals surface area (Å²) in [6.07, 6.45) is 2.37. The molecule has 0 aromatic heterocycles. The molecule has 0 N–H and O–H groups in total. The predicted octanol–water partition coefficient (Wildman–Crippen LogP) is 2.55. The van der Waals surface area contributed by atoms with Gasteiger partial charge in [0.2, 0.25) is 0 Å². The topological polar surface area (TPSA) is 76.2 Å². The fourth-order valence-electron chi connectivity index (χ4n) is 2.44. The van der Waals surface area contributed by atoms with E-state index in [2.05, 4.69) is 13.8 Å². The molecule has 0 aliphatic carbocycles. The monoisotopic (exact) mass is 360 g/mol. The fraction of sp³-hybridized carbons (Fsp3) is 0.421. The second kappa shape index (κ2) is 8.03. The van der Waals surface area contributed by atoms with Crippen molar-refractivity contribution in [3.8, 4) is 11.5 Å². The second-order valence-electron chi connectivity index (χ2n) is 6.51. The standard InChI is InChI=1S/C19H24N2O5/c1-12(2)8-9-26-15-7-6-13(11-16(15)25-5)10-14-17(22)20(3)19(24)21(4)18(14)23/h6-7,10-12H,8-9H2,1-5H3. The van der Waals surface area contributed by atoms with Gasteiger partial charge in [-0.3, -0.25) is 19.4 Å². The van der Waals surface area contributed by atoms with Crippen molar-refractivity contribution < 1.29 is 23.9 Å². The van der Waals surface area contributed by atoms with Crippen LogP contribution < -0.4 is 9.47 Å². The van der Waals surface area contributed by atoms with Crippen LogP contribution >= 0.6 is 0 Å². The largest absolute Gasteiger partial charge is 0.493 e. The van der Waals surface area contributed by atoms with Crippen molar-refractivity contribution in [3.05, 3.63) is 29.3 Å². The molecule has 1 aromatic carbocycles. The summed E-state index contributed by atoms with van der Waals surface area (Å²) in [7, 11) is 4.21. The van der Waals surface area contributed by atoms with Crippen molar-refractivity contribution in [1.29, 1.82) is 0 Å². The van der Waals surface area contributed by atoms with Crippen LogP contribution in [0, 0.1) is 5.92 Å². The number of methoxy groups -OCH3 is 1. The normalized spacial score (nSPS) is 15.0. The minimum atomic E-state index is -0.649. The number of ether oxygens (including phenoxy) is 2. The van der Waals surface area contributed by atoms with E-state index < -0.39 is 17.8 Å². The third-order valence-corrected chi connectivity index (χ3v) is 4.10. The van der Waals surface area contributed by atoms with Crippen molar-refractivity contribution in [3.63, 3.8) is 0 Å². The molecular weight excluding hydrogens is 336 g/mol. The van der Waals surface area contributed by atoms with Crippen LogP contribution in [0.5, 0.6) is 11.5 Å². The second-order valence-corrected chi connectivity index (χ2v) is 6.51. The van der Waals surface area contributed by atoms with Crippen molar-refractivity contribution in [2.45, 2.75) is 20.3 Å². The van der Waals surface area contributed by atoms with E-state index in [1.807, 2.05) is 0 Å². The number of imide groups is 2. The van der Waals surface area contributed by atoms with E-state index in [0.29, 0.717) is 29.6 Å². The number of barbiturate groups is 1. The highest BCUT2D eigenvalue weighted by Gasteiger charge is 2.37. The Labute approximate surface area is 153 Å². The molecule has 26 heavy (non-hydrogen) atoms. The minimum absolute atomic E-state index is 0.0786. The number of carbonyl (C=O) groups is 3. The number of rotatable bonds is 6. The van der Waals surface area contributed by atoms with Crippen LogP contribution in [0.3, 0.4) is 0 Å². The average molecular weight is 360 g/mol. The molecule has 0 spiro atoms. The third kappa shape index (κ3) is 4.04. The van der Waals surface area contributed by atoms with Crippen LogP contribution in [0.4, 0.5) is 4.79 Å². The smallest absolute Gasteiger partial charge is 0.333 e. The molecular formula is C19H24N2O5. The zero-order chi connectivity index (χ0) is 19.4. The molecule has 1 heterocycles. The molecule has 1 saturated heterocycles. The van der Waals surface area contributed by atoms with Crippen LogP contribution in [0.2, 0.25) is 0 Å². The van der Waals surface area contributed by atoms with Crippen molar-refractivity contribution in [1.82, 2.24) is 9.80 Å². The minimum Gasteiger partial charge on any atom is -0.493 e. The molecule has 1 aliphatic heterocycles. The van der Waals surface area contributed by atoms with E-state index in [0.717, 1.165) is 16.2 Å². The summed E-state index contributed by atoms with van der Waals surface area (Å²) in [6.45, 7) is 4.81. The lowest BCUT2D eigenvalue weighted by molar-refractivity contribution is -0.134. The van der Waals surface area contributed by atoms with Crippen LogP contribution in [0.15, 0.2) is 23.8 Å². The molecule has 0 bridgehead atoms. The van der Waals surface area contributed by atoms with E-state index in [1.165, 1.54) is 27.3 Å². The fourth-order valence-corrected chi connectivity index (χ4v) is 2.44. The molecule has 140 valence electrons. The van der Waals surface area contributed by atoms with E-state index in [1.54, 1.807) is 18.2 Å². The molecule has 1 fully saturated rings. The van der Waals surface area contributed by atoms with Gasteiger partial charge < -0.3 is 9.47 Å². The first kappa shape index (κ1) is 19.5. The summed E-state index contributed by atoms with van der Waals surface area (Å²) < 4.78 is 11.1. The highest BCUT2D eigenvalue weighted by molar-refractivity contribution is 6.30. The summed E-state index contributed by atoms with van der Waals surface area (Å²) in [5, 5.41) is 0. The van der Waals surface area contributed by atoms with Crippen LogP contribution in [0.1, 0.15) is 25.8 Å². The Morgan fingerprint density at radius 1 is 1.04 bits per heavy atom. The highest BCUT2D eigenvalue weighted by atomic mass is 16.5. The highest BCUT2D eigenvalue weighted by Crippen LogP contribution is 2.30. The lowest BCUT2D eigenvalue weighted by Crippen LogP contribution is -2.52. The molecule has 1 aliphatic rings. The van der Waals surface area contributed by atoms with Crippen molar-refractivity contribution in [2.75, 3.05) is 27.8 Å². The summed E-state index contributed by atoms with van der Waals surface area (Å²) in [6, 6.07) is 4.51. The summed E-state index contributed by atoms with van der Waals surface area (Å²) in [5.41, 5.74) is 0.524. The van der Waals surface area contributed by atoms with E-state index in [-0.39, 0.29) is 5.57 Å². The quantitative estimate of drug-likeness (QED) is 0.576. The number of hydrogen-bond donors (Lipinski definition) is 0. The average Bonchev–Trinajstić information content (AvgIpc) is 2.62. The molecule has 0 unspecified atom stereocenters. The van der Waals surface area contributed by atoms with Crippen molar-refractivity contribution >= 4 is 23.9 Å². The van der Waals surface area contributed by atoms with E-state index in [4.69, 9.17) is 9.47 Å². The van der Waals surface area contributed by atoms with E-state index >= 15 is 0 Å². The van der Waals surface area contributed by atoms with Gasteiger partial charge in [-0.25, -0.2) is 4.79 Å². The number of likely N-dealkylation sites (N-methyl/N-ethyl adjacent to an activating group) is 2. The number of nitrogens with zero attached hydrogens (tertiary/aromatic N) is 2. The Morgan fingerprint density at radius 2 is 1.65 bits per heavy atom. The van der Waals surface area contributed by atoms with Crippen LogP contribution in [0.25, 0.3) is 6.08 Å². The molecule has 2 rings (SSSR count). The maximum Gasteiger partial charge on any atom is 0.333 e. The number of benzene rings is 1. The first-order chi connectivity index (χ1) is 12.3. The Bertz CT molecular complexity index is 728. The zero-order valence-electron chi connectivity index (χ0n) is 15.7. The van der Waals surface area contributed by atoms with Gasteiger partial charge in [-0.1, -0.05) is 19.9 Å². The maximum absolute atomic E-state index is 12.3.